The van der Waals surface area contributed by atoms with Gasteiger partial charge in [0.05, 0.1) is 11.4 Å². The van der Waals surface area contributed by atoms with Crippen LogP contribution in [0, 0.1) is 23.2 Å². The molecule has 5 nitrogen and oxygen atoms in total. The largest absolute Gasteiger partial charge is 0.397 e. The number of nitrogens with one attached hydrogen (secondary N) is 1. The number of allylic oxidation sites excluding steroid dienone is 1. The number of hydrogen-bond acceptors (Lipinski definition) is 4. The number of carbonyl (C=O) groups is 1. The van der Waals surface area contributed by atoms with Crippen LogP contribution in [0.25, 0.3) is 10.4 Å². The molecule has 2 saturated carbocycles. The molecule has 4 bridgehead atoms. The molecule has 1 aliphatic heterocycles. The van der Waals surface area contributed by atoms with Crippen molar-refractivity contribution in [2.75, 3.05) is 44.3 Å². The number of benzene rings is 1. The van der Waals surface area contributed by atoms with Crippen molar-refractivity contribution in [3.63, 3.8) is 0 Å². The van der Waals surface area contributed by atoms with Gasteiger partial charge >= 0.3 is 6.03 Å². The maximum absolute atomic E-state index is 12.8. The summed E-state index contributed by atoms with van der Waals surface area (Å²) in [6.07, 6.45) is 8.15. The minimum atomic E-state index is -0.0471. The molecule has 1 aromatic heterocycles. The maximum atomic E-state index is 12.8. The van der Waals surface area contributed by atoms with Gasteiger partial charge in [0.1, 0.15) is 0 Å². The van der Waals surface area contributed by atoms with E-state index in [1.54, 1.807) is 16.9 Å². The van der Waals surface area contributed by atoms with E-state index >= 15 is 0 Å². The van der Waals surface area contributed by atoms with Crippen LogP contribution in [-0.4, -0.2) is 49.1 Å². The van der Waals surface area contributed by atoms with E-state index in [4.69, 9.17) is 5.73 Å². The Kier molecular flexibility index (Phi) is 4.84. The smallest absolute Gasteiger partial charge is 0.321 e. The Balaban J connectivity index is 1.01. The number of hydrogen-bond donors (Lipinski definition) is 2. The summed E-state index contributed by atoms with van der Waals surface area (Å²) < 4.78 is 0. The van der Waals surface area contributed by atoms with Crippen molar-refractivity contribution in [2.45, 2.75) is 25.7 Å². The van der Waals surface area contributed by atoms with Crippen LogP contribution in [0.5, 0.6) is 0 Å². The maximum Gasteiger partial charge on any atom is 0.321 e. The quantitative estimate of drug-likeness (QED) is 0.475. The summed E-state index contributed by atoms with van der Waals surface area (Å²) in [5.41, 5.74) is 10.8. The zero-order chi connectivity index (χ0) is 21.9. The Labute approximate surface area is 194 Å². The third-order valence-electron chi connectivity index (χ3n) is 8.15. The second-order valence-electron chi connectivity index (χ2n) is 10.6. The number of carbonyl (C=O) groups excluding carboxylic acids is 1. The molecule has 2 aromatic rings. The molecule has 3 N–H and O–H groups in total. The Morgan fingerprint density at radius 3 is 2.91 bits per heavy atom. The Morgan fingerprint density at radius 1 is 1.31 bits per heavy atom. The van der Waals surface area contributed by atoms with Gasteiger partial charge in [0.2, 0.25) is 0 Å². The molecule has 3 atom stereocenters. The van der Waals surface area contributed by atoms with Crippen LogP contribution in [0.3, 0.4) is 0 Å². The van der Waals surface area contributed by atoms with Crippen LogP contribution in [0.15, 0.2) is 47.4 Å². The van der Waals surface area contributed by atoms with Crippen LogP contribution in [-0.2, 0) is 0 Å². The molecule has 2 amide bonds. The fourth-order valence-electron chi connectivity index (χ4n) is 6.86. The normalized spacial score (nSPS) is 28.3. The van der Waals surface area contributed by atoms with Crippen molar-refractivity contribution in [3.8, 4) is 10.4 Å². The lowest BCUT2D eigenvalue weighted by Crippen LogP contribution is -2.58. The van der Waals surface area contributed by atoms with E-state index in [-0.39, 0.29) is 6.03 Å². The first-order valence-corrected chi connectivity index (χ1v) is 12.8. The molecule has 3 fully saturated rings. The molecule has 0 spiro atoms. The highest BCUT2D eigenvalue weighted by Crippen LogP contribution is 2.65. The highest BCUT2D eigenvalue weighted by Gasteiger charge is 2.56. The van der Waals surface area contributed by atoms with Crippen LogP contribution < -0.4 is 11.1 Å². The fraction of sp³-hybridized carbons (Fsp3) is 0.500. The molecule has 3 unspecified atom stereocenters. The zero-order valence-electron chi connectivity index (χ0n) is 18.7. The fourth-order valence-corrected chi connectivity index (χ4v) is 7.58. The van der Waals surface area contributed by atoms with E-state index in [2.05, 4.69) is 34.8 Å². The van der Waals surface area contributed by atoms with Crippen LogP contribution in [0.1, 0.15) is 25.7 Å². The number of likely N-dealkylation sites (tertiary alicyclic amines) is 1. The Bertz CT molecular complexity index is 1060. The molecular formula is C26H32N4OS. The minimum Gasteiger partial charge on any atom is -0.397 e. The van der Waals surface area contributed by atoms with Gasteiger partial charge in [-0.15, -0.1) is 11.3 Å². The average molecular weight is 449 g/mol. The topological polar surface area (TPSA) is 61.6 Å². The monoisotopic (exact) mass is 448 g/mol. The van der Waals surface area contributed by atoms with Gasteiger partial charge in [-0.2, -0.15) is 0 Å². The summed E-state index contributed by atoms with van der Waals surface area (Å²) in [6.45, 7) is 3.91. The van der Waals surface area contributed by atoms with Gasteiger partial charge in [-0.05, 0) is 73.7 Å². The minimum absolute atomic E-state index is 0.0471. The first-order chi connectivity index (χ1) is 15.5. The van der Waals surface area contributed by atoms with E-state index in [1.165, 1.54) is 37.1 Å². The highest BCUT2D eigenvalue weighted by atomic mass is 32.1. The molecule has 4 aliphatic carbocycles. The second-order valence-corrected chi connectivity index (χ2v) is 11.5. The van der Waals surface area contributed by atoms with E-state index in [1.807, 2.05) is 29.2 Å². The molecule has 0 radical (unpaired) electrons. The predicted octanol–water partition coefficient (Wildman–Crippen LogP) is 5.14. The van der Waals surface area contributed by atoms with Gasteiger partial charge in [0.15, 0.2) is 0 Å². The molecule has 168 valence electrons. The molecule has 6 heteroatoms. The van der Waals surface area contributed by atoms with Gasteiger partial charge in [-0.1, -0.05) is 23.8 Å². The summed E-state index contributed by atoms with van der Waals surface area (Å²) in [5.74, 6) is 2.40. The molecule has 1 aromatic carbocycles. The van der Waals surface area contributed by atoms with Crippen LogP contribution in [0.4, 0.5) is 16.2 Å². The molecule has 7 rings (SSSR count). The summed E-state index contributed by atoms with van der Waals surface area (Å²) in [5, 5.41) is 5.09. The van der Waals surface area contributed by atoms with Crippen LogP contribution in [0.2, 0.25) is 0 Å². The van der Waals surface area contributed by atoms with Gasteiger partial charge in [-0.25, -0.2) is 4.79 Å². The summed E-state index contributed by atoms with van der Waals surface area (Å²) in [7, 11) is 2.27. The van der Waals surface area contributed by atoms with Gasteiger partial charge < -0.3 is 20.9 Å². The lowest BCUT2D eigenvalue weighted by atomic mass is 9.45. The number of fused-ring (bicyclic) bond motifs is 1. The van der Waals surface area contributed by atoms with Crippen molar-refractivity contribution in [1.29, 1.82) is 0 Å². The molecule has 5 aliphatic rings. The third kappa shape index (κ3) is 3.44. The van der Waals surface area contributed by atoms with Crippen molar-refractivity contribution < 1.29 is 4.79 Å². The number of urea groups is 1. The van der Waals surface area contributed by atoms with E-state index < -0.39 is 0 Å². The number of nitrogens with zero attached hydrogens (tertiary/aromatic N) is 2. The van der Waals surface area contributed by atoms with Crippen molar-refractivity contribution in [1.82, 2.24) is 9.80 Å². The van der Waals surface area contributed by atoms with E-state index in [0.29, 0.717) is 22.7 Å². The summed E-state index contributed by atoms with van der Waals surface area (Å²) in [6, 6.07) is 9.91. The number of amides is 2. The predicted molar refractivity (Wildman–Crippen MR) is 132 cm³/mol. The lowest BCUT2D eigenvalue weighted by Gasteiger charge is -2.62. The number of thiophene rings is 1. The number of anilines is 2. The van der Waals surface area contributed by atoms with E-state index in [9.17, 15) is 4.79 Å². The third-order valence-corrected chi connectivity index (χ3v) is 9.06. The van der Waals surface area contributed by atoms with Crippen molar-refractivity contribution >= 4 is 28.7 Å². The SMILES string of the molecule is CN(CC1CN(C(=O)Nc2cc(-c3cccs3)ccc2N)C1)CC12CC3CC=C1C(C3)C2. The molecule has 2 heterocycles. The average Bonchev–Trinajstić information content (AvgIpc) is 3.26. The van der Waals surface area contributed by atoms with Gasteiger partial charge in [-0.3, -0.25) is 0 Å². The highest BCUT2D eigenvalue weighted by molar-refractivity contribution is 7.13. The second kappa shape index (κ2) is 7.63. The lowest BCUT2D eigenvalue weighted by molar-refractivity contribution is -0.00513. The Hall–Kier alpha value is -2.31. The zero-order valence-corrected chi connectivity index (χ0v) is 19.5. The van der Waals surface area contributed by atoms with Crippen LogP contribution >= 0.6 is 11.3 Å². The molecular weight excluding hydrogens is 416 g/mol. The first kappa shape index (κ1) is 20.3. The summed E-state index contributed by atoms with van der Waals surface area (Å²) >= 11 is 1.68. The number of rotatable bonds is 6. The van der Waals surface area contributed by atoms with Gasteiger partial charge in [0.25, 0.3) is 0 Å². The molecule has 32 heavy (non-hydrogen) atoms. The van der Waals surface area contributed by atoms with Gasteiger partial charge in [0, 0.05) is 42.4 Å². The standard InChI is InChI=1S/C26H32N4OS/c1-29(16-26-11-17-4-6-21(26)20(9-17)12-26)13-18-14-30(15-18)25(31)28-23-10-19(5-7-22(23)27)24-3-2-8-32-24/h2-3,5-8,10,17-18,20H,4,9,11-16,27H2,1H3,(H,28,31). The first-order valence-electron chi connectivity index (χ1n) is 11.9. The number of nitrogens with two attached hydrogens (primary N) is 1. The Morgan fingerprint density at radius 2 is 2.19 bits per heavy atom. The van der Waals surface area contributed by atoms with Crippen molar-refractivity contribution in [3.05, 3.63) is 47.4 Å². The number of nitrogen functional groups attached to an aromatic ring is 1. The van der Waals surface area contributed by atoms with Crippen molar-refractivity contribution in [2.24, 2.45) is 23.2 Å². The molecule has 1 saturated heterocycles. The van der Waals surface area contributed by atoms with E-state index in [0.717, 1.165) is 37.0 Å². The summed E-state index contributed by atoms with van der Waals surface area (Å²) in [4.78, 5) is 18.4.